The minimum Gasteiger partial charge on any atom is -0.457 e. The van der Waals surface area contributed by atoms with Gasteiger partial charge in [-0.05, 0) is 41.8 Å². The van der Waals surface area contributed by atoms with Crippen molar-refractivity contribution in [2.24, 2.45) is 0 Å². The topological polar surface area (TPSA) is 84.9 Å². The molecule has 26 heavy (non-hydrogen) atoms. The first-order valence-electron chi connectivity index (χ1n) is 7.78. The first-order chi connectivity index (χ1) is 12.6. The first-order valence-corrected chi connectivity index (χ1v) is 7.78. The Bertz CT molecular complexity index is 1200. The number of aromatic amines is 1. The van der Waals surface area contributed by atoms with Crippen molar-refractivity contribution in [2.45, 2.75) is 6.61 Å². The average molecular weight is 349 g/mol. The molecule has 0 atom stereocenters. The van der Waals surface area contributed by atoms with Crippen molar-refractivity contribution < 1.29 is 13.9 Å². The van der Waals surface area contributed by atoms with Crippen molar-refractivity contribution in [3.63, 3.8) is 0 Å². The van der Waals surface area contributed by atoms with Crippen LogP contribution in [-0.2, 0) is 11.3 Å². The van der Waals surface area contributed by atoms with Gasteiger partial charge in [0.1, 0.15) is 12.4 Å². The Hall–Kier alpha value is -3.61. The van der Waals surface area contributed by atoms with Crippen LogP contribution in [0.2, 0.25) is 0 Å². The number of H-pyrrole nitrogens is 1. The van der Waals surface area contributed by atoms with Gasteiger partial charge in [-0.15, -0.1) is 0 Å². The van der Waals surface area contributed by atoms with Gasteiger partial charge >= 0.3 is 5.97 Å². The normalized spacial score (nSPS) is 11.0. The van der Waals surface area contributed by atoms with Crippen LogP contribution in [0, 0.1) is 5.82 Å². The zero-order valence-electron chi connectivity index (χ0n) is 13.4. The predicted molar refractivity (Wildman–Crippen MR) is 93.2 cm³/mol. The summed E-state index contributed by atoms with van der Waals surface area (Å²) < 4.78 is 18.4. The molecule has 0 aliphatic rings. The number of carbonyl (C=O) groups is 1. The first kappa shape index (κ1) is 15.9. The van der Waals surface area contributed by atoms with Crippen LogP contribution in [0.1, 0.15) is 15.9 Å². The van der Waals surface area contributed by atoms with Crippen LogP contribution in [0.5, 0.6) is 0 Å². The molecule has 0 spiro atoms. The standard InChI is InChI=1S/C19H12FN3O3/c20-15-2-1-11-6-14(18(24)23-16(11)7-15)10-26-19(25)13-5-12-3-4-21-9-17(12)22-8-13/h1-9H,10H2,(H,23,24). The molecule has 0 saturated heterocycles. The van der Waals surface area contributed by atoms with Gasteiger partial charge in [0.2, 0.25) is 0 Å². The van der Waals surface area contributed by atoms with Gasteiger partial charge in [-0.1, -0.05) is 0 Å². The number of esters is 1. The Morgan fingerprint density at radius 3 is 2.88 bits per heavy atom. The molecule has 128 valence electrons. The Balaban J connectivity index is 1.56. The SMILES string of the molecule is O=C(OCc1cc2ccc(F)cc2[nH]c1=O)c1cnc2cnccc2c1. The van der Waals surface area contributed by atoms with Crippen molar-refractivity contribution in [3.8, 4) is 0 Å². The van der Waals surface area contributed by atoms with E-state index >= 15 is 0 Å². The van der Waals surface area contributed by atoms with Gasteiger partial charge in [0.25, 0.3) is 5.56 Å². The molecule has 0 unspecified atom stereocenters. The van der Waals surface area contributed by atoms with Gasteiger partial charge in [0.15, 0.2) is 0 Å². The Labute approximate surface area is 146 Å². The van der Waals surface area contributed by atoms with E-state index in [2.05, 4.69) is 15.0 Å². The Morgan fingerprint density at radius 2 is 2.00 bits per heavy atom. The Morgan fingerprint density at radius 1 is 1.12 bits per heavy atom. The molecule has 0 bridgehead atoms. The number of pyridine rings is 3. The van der Waals surface area contributed by atoms with Crippen molar-refractivity contribution in [2.75, 3.05) is 0 Å². The van der Waals surface area contributed by atoms with Crippen LogP contribution in [0.25, 0.3) is 21.8 Å². The van der Waals surface area contributed by atoms with Crippen molar-refractivity contribution in [1.82, 2.24) is 15.0 Å². The van der Waals surface area contributed by atoms with Gasteiger partial charge in [0.05, 0.1) is 28.4 Å². The second-order valence-corrected chi connectivity index (χ2v) is 5.72. The summed E-state index contributed by atoms with van der Waals surface area (Å²) in [4.78, 5) is 35.0. The predicted octanol–water partition coefficient (Wildman–Crippen LogP) is 2.97. The molecule has 0 aliphatic carbocycles. The second-order valence-electron chi connectivity index (χ2n) is 5.72. The highest BCUT2D eigenvalue weighted by molar-refractivity contribution is 5.93. The number of aromatic nitrogens is 3. The minimum absolute atomic E-state index is 0.199. The fourth-order valence-electron chi connectivity index (χ4n) is 2.63. The quantitative estimate of drug-likeness (QED) is 0.575. The Kier molecular flexibility index (Phi) is 3.89. The average Bonchev–Trinajstić information content (AvgIpc) is 2.65. The van der Waals surface area contributed by atoms with Crippen LogP contribution in [0.3, 0.4) is 0 Å². The van der Waals surface area contributed by atoms with E-state index in [1.54, 1.807) is 36.7 Å². The number of fused-ring (bicyclic) bond motifs is 2. The van der Waals surface area contributed by atoms with E-state index in [4.69, 9.17) is 4.74 Å². The molecule has 3 aromatic heterocycles. The molecule has 0 radical (unpaired) electrons. The number of hydrogen-bond donors (Lipinski definition) is 1. The maximum Gasteiger partial charge on any atom is 0.340 e. The van der Waals surface area contributed by atoms with Crippen LogP contribution < -0.4 is 5.56 Å². The summed E-state index contributed by atoms with van der Waals surface area (Å²) in [6.45, 7) is -0.199. The molecular formula is C19H12FN3O3. The molecule has 3 heterocycles. The molecule has 0 amide bonds. The smallest absolute Gasteiger partial charge is 0.340 e. The number of halogens is 1. The summed E-state index contributed by atoms with van der Waals surface area (Å²) in [6.07, 6.45) is 4.61. The van der Waals surface area contributed by atoms with Crippen LogP contribution >= 0.6 is 0 Å². The van der Waals surface area contributed by atoms with E-state index in [1.807, 2.05) is 0 Å². The summed E-state index contributed by atoms with van der Waals surface area (Å²) in [5, 5.41) is 1.41. The van der Waals surface area contributed by atoms with Crippen LogP contribution in [-0.4, -0.2) is 20.9 Å². The monoisotopic (exact) mass is 349 g/mol. The van der Waals surface area contributed by atoms with Gasteiger partial charge in [-0.25, -0.2) is 9.18 Å². The molecule has 0 aliphatic heterocycles. The highest BCUT2D eigenvalue weighted by atomic mass is 19.1. The summed E-state index contributed by atoms with van der Waals surface area (Å²) in [5.41, 5.74) is 1.18. The molecule has 0 fully saturated rings. The van der Waals surface area contributed by atoms with Gasteiger partial charge in [0, 0.05) is 17.8 Å². The zero-order valence-corrected chi connectivity index (χ0v) is 13.4. The van der Waals surface area contributed by atoms with E-state index in [0.717, 1.165) is 5.39 Å². The molecule has 4 rings (SSSR count). The number of hydrogen-bond acceptors (Lipinski definition) is 5. The molecule has 1 N–H and O–H groups in total. The lowest BCUT2D eigenvalue weighted by Gasteiger charge is -2.06. The number of ether oxygens (including phenoxy) is 1. The zero-order chi connectivity index (χ0) is 18.1. The number of rotatable bonds is 3. The van der Waals surface area contributed by atoms with Crippen LogP contribution in [0.15, 0.2) is 59.8 Å². The summed E-state index contributed by atoms with van der Waals surface area (Å²) >= 11 is 0. The number of benzene rings is 1. The number of nitrogens with zero attached hydrogens (tertiary/aromatic N) is 2. The molecule has 6 nitrogen and oxygen atoms in total. The molecule has 4 aromatic rings. The lowest BCUT2D eigenvalue weighted by atomic mass is 10.1. The highest BCUT2D eigenvalue weighted by Gasteiger charge is 2.11. The third-order valence-electron chi connectivity index (χ3n) is 3.97. The molecule has 0 saturated carbocycles. The fourth-order valence-corrected chi connectivity index (χ4v) is 2.63. The van der Waals surface area contributed by atoms with Gasteiger partial charge in [-0.3, -0.25) is 14.8 Å². The summed E-state index contributed by atoms with van der Waals surface area (Å²) in [7, 11) is 0. The van der Waals surface area contributed by atoms with Crippen molar-refractivity contribution >= 4 is 27.8 Å². The minimum atomic E-state index is -0.588. The van der Waals surface area contributed by atoms with E-state index in [-0.39, 0.29) is 17.7 Å². The highest BCUT2D eigenvalue weighted by Crippen LogP contribution is 2.15. The van der Waals surface area contributed by atoms with Crippen molar-refractivity contribution in [3.05, 3.63) is 82.3 Å². The molecule has 1 aromatic carbocycles. The number of carbonyl (C=O) groups excluding carboxylic acids is 1. The summed E-state index contributed by atoms with van der Waals surface area (Å²) in [5.74, 6) is -1.03. The molecular weight excluding hydrogens is 337 g/mol. The van der Waals surface area contributed by atoms with Crippen molar-refractivity contribution in [1.29, 1.82) is 0 Å². The largest absolute Gasteiger partial charge is 0.457 e. The van der Waals surface area contributed by atoms with E-state index in [0.29, 0.717) is 16.4 Å². The van der Waals surface area contributed by atoms with Gasteiger partial charge in [-0.2, -0.15) is 0 Å². The fraction of sp³-hybridized carbons (Fsp3) is 0.0526. The van der Waals surface area contributed by atoms with E-state index < -0.39 is 17.3 Å². The maximum atomic E-state index is 13.2. The van der Waals surface area contributed by atoms with Gasteiger partial charge < -0.3 is 9.72 Å². The summed E-state index contributed by atoms with van der Waals surface area (Å²) in [6, 6.07) is 9.05. The maximum absolute atomic E-state index is 13.2. The second kappa shape index (κ2) is 6.36. The van der Waals surface area contributed by atoms with E-state index in [1.165, 1.54) is 18.3 Å². The van der Waals surface area contributed by atoms with Crippen LogP contribution in [0.4, 0.5) is 4.39 Å². The third kappa shape index (κ3) is 3.02. The lowest BCUT2D eigenvalue weighted by molar-refractivity contribution is 0.0471. The third-order valence-corrected chi connectivity index (χ3v) is 3.97. The van der Waals surface area contributed by atoms with E-state index in [9.17, 15) is 14.0 Å². The lowest BCUT2D eigenvalue weighted by Crippen LogP contribution is -2.15. The molecule has 7 heteroatoms. The number of nitrogens with one attached hydrogen (secondary N) is 1.